The fraction of sp³-hybridized carbons (Fsp3) is 0.538. The summed E-state index contributed by atoms with van der Waals surface area (Å²) >= 11 is 3.29. The van der Waals surface area contributed by atoms with E-state index in [9.17, 15) is 8.42 Å². The number of ether oxygens (including phenoxy) is 1. The van der Waals surface area contributed by atoms with E-state index in [4.69, 9.17) is 9.84 Å². The zero-order valence-corrected chi connectivity index (χ0v) is 14.1. The van der Waals surface area contributed by atoms with Crippen LogP contribution in [0.1, 0.15) is 20.3 Å². The summed E-state index contributed by atoms with van der Waals surface area (Å²) in [5, 5.41) is 8.88. The summed E-state index contributed by atoms with van der Waals surface area (Å²) in [4.78, 5) is 0.147. The largest absolute Gasteiger partial charge is 0.492 e. The van der Waals surface area contributed by atoms with Gasteiger partial charge in [0.2, 0.25) is 10.0 Å². The maximum absolute atomic E-state index is 12.7. The standard InChI is InChI=1S/C13H20BrNO4S/c1-3-15(8-5-9-16)20(17,18)13-10-11(14)6-7-12(13)19-4-2/h6-7,10,16H,3-5,8-9H2,1-2H3. The number of hydrogen-bond donors (Lipinski definition) is 1. The molecule has 20 heavy (non-hydrogen) atoms. The molecule has 0 aliphatic carbocycles. The summed E-state index contributed by atoms with van der Waals surface area (Å²) in [6, 6.07) is 4.93. The number of hydrogen-bond acceptors (Lipinski definition) is 4. The number of nitrogens with zero attached hydrogens (tertiary/aromatic N) is 1. The van der Waals surface area contributed by atoms with E-state index in [1.54, 1.807) is 25.1 Å². The van der Waals surface area contributed by atoms with Gasteiger partial charge in [0.1, 0.15) is 10.6 Å². The molecule has 5 nitrogen and oxygen atoms in total. The van der Waals surface area contributed by atoms with Crippen LogP contribution in [0, 0.1) is 0 Å². The number of benzene rings is 1. The van der Waals surface area contributed by atoms with E-state index >= 15 is 0 Å². The van der Waals surface area contributed by atoms with Crippen LogP contribution in [0.4, 0.5) is 0 Å². The van der Waals surface area contributed by atoms with Crippen molar-refractivity contribution in [2.45, 2.75) is 25.2 Å². The molecule has 1 aromatic rings. The molecule has 0 saturated heterocycles. The van der Waals surface area contributed by atoms with Gasteiger partial charge >= 0.3 is 0 Å². The Morgan fingerprint density at radius 1 is 1.35 bits per heavy atom. The van der Waals surface area contributed by atoms with E-state index in [-0.39, 0.29) is 18.0 Å². The Morgan fingerprint density at radius 3 is 2.60 bits per heavy atom. The molecule has 0 heterocycles. The minimum Gasteiger partial charge on any atom is -0.492 e. The number of rotatable bonds is 8. The van der Waals surface area contributed by atoms with Crippen LogP contribution in [-0.2, 0) is 10.0 Å². The molecule has 7 heteroatoms. The van der Waals surface area contributed by atoms with Crippen LogP contribution in [0.2, 0.25) is 0 Å². The van der Waals surface area contributed by atoms with E-state index in [1.807, 2.05) is 6.92 Å². The second-order valence-electron chi connectivity index (χ2n) is 4.10. The fourth-order valence-electron chi connectivity index (χ4n) is 1.79. The van der Waals surface area contributed by atoms with Gasteiger partial charge in [-0.2, -0.15) is 4.31 Å². The lowest BCUT2D eigenvalue weighted by Gasteiger charge is -2.21. The summed E-state index contributed by atoms with van der Waals surface area (Å²) in [6.45, 7) is 4.57. The van der Waals surface area contributed by atoms with Gasteiger partial charge in [-0.15, -0.1) is 0 Å². The molecule has 0 amide bonds. The summed E-state index contributed by atoms with van der Waals surface area (Å²) in [7, 11) is -3.63. The smallest absolute Gasteiger partial charge is 0.246 e. The Labute approximate surface area is 128 Å². The molecule has 0 aliphatic rings. The SMILES string of the molecule is CCOc1ccc(Br)cc1S(=O)(=O)N(CC)CCCO. The minimum absolute atomic E-state index is 0.0389. The van der Waals surface area contributed by atoms with Crippen LogP contribution in [0.15, 0.2) is 27.6 Å². The Balaban J connectivity index is 3.21. The van der Waals surface area contributed by atoms with Gasteiger partial charge in [-0.05, 0) is 31.5 Å². The van der Waals surface area contributed by atoms with Gasteiger partial charge in [0.15, 0.2) is 0 Å². The van der Waals surface area contributed by atoms with E-state index in [0.29, 0.717) is 29.8 Å². The highest BCUT2D eigenvalue weighted by Gasteiger charge is 2.26. The number of halogens is 1. The first-order valence-corrected chi connectivity index (χ1v) is 8.74. The van der Waals surface area contributed by atoms with Gasteiger partial charge in [-0.3, -0.25) is 0 Å². The van der Waals surface area contributed by atoms with Crippen molar-refractivity contribution in [1.29, 1.82) is 0 Å². The van der Waals surface area contributed by atoms with E-state index in [0.717, 1.165) is 0 Å². The highest BCUT2D eigenvalue weighted by Crippen LogP contribution is 2.30. The predicted octanol–water partition coefficient (Wildman–Crippen LogP) is 2.24. The van der Waals surface area contributed by atoms with Crippen molar-refractivity contribution < 1.29 is 18.3 Å². The lowest BCUT2D eigenvalue weighted by molar-refractivity contribution is 0.270. The van der Waals surface area contributed by atoms with Gasteiger partial charge in [-0.25, -0.2) is 8.42 Å². The molecule has 1 aromatic carbocycles. The zero-order valence-electron chi connectivity index (χ0n) is 11.7. The second kappa shape index (κ2) is 7.97. The first-order chi connectivity index (χ1) is 9.47. The lowest BCUT2D eigenvalue weighted by atomic mass is 10.3. The average Bonchev–Trinajstić information content (AvgIpc) is 2.41. The minimum atomic E-state index is -3.63. The molecule has 0 aliphatic heterocycles. The third kappa shape index (κ3) is 4.18. The second-order valence-corrected chi connectivity index (χ2v) is 6.92. The van der Waals surface area contributed by atoms with Crippen molar-refractivity contribution in [1.82, 2.24) is 4.31 Å². The normalized spacial score (nSPS) is 11.8. The van der Waals surface area contributed by atoms with Gasteiger partial charge in [0, 0.05) is 24.2 Å². The number of aliphatic hydroxyl groups excluding tert-OH is 1. The molecule has 0 aromatic heterocycles. The average molecular weight is 366 g/mol. The predicted molar refractivity (Wildman–Crippen MR) is 81.4 cm³/mol. The third-order valence-corrected chi connectivity index (χ3v) is 5.23. The monoisotopic (exact) mass is 365 g/mol. The van der Waals surface area contributed by atoms with Crippen molar-refractivity contribution in [3.05, 3.63) is 22.7 Å². The lowest BCUT2D eigenvalue weighted by Crippen LogP contribution is -2.32. The summed E-state index contributed by atoms with van der Waals surface area (Å²) < 4.78 is 32.7. The summed E-state index contributed by atoms with van der Waals surface area (Å²) in [5.74, 6) is 0.346. The van der Waals surface area contributed by atoms with Crippen LogP contribution in [0.3, 0.4) is 0 Å². The number of aliphatic hydroxyl groups is 1. The molecular weight excluding hydrogens is 346 g/mol. The first kappa shape index (κ1) is 17.4. The van der Waals surface area contributed by atoms with Crippen molar-refractivity contribution in [3.63, 3.8) is 0 Å². The Hall–Kier alpha value is -0.630. The molecule has 114 valence electrons. The molecule has 1 N–H and O–H groups in total. The van der Waals surface area contributed by atoms with E-state index < -0.39 is 10.0 Å². The topological polar surface area (TPSA) is 66.8 Å². The molecule has 0 atom stereocenters. The van der Waals surface area contributed by atoms with Crippen LogP contribution in [-0.4, -0.2) is 44.1 Å². The summed E-state index contributed by atoms with van der Waals surface area (Å²) in [5.41, 5.74) is 0. The third-order valence-electron chi connectivity index (χ3n) is 2.74. The highest BCUT2D eigenvalue weighted by atomic mass is 79.9. The molecule has 0 unspecified atom stereocenters. The van der Waals surface area contributed by atoms with Crippen LogP contribution >= 0.6 is 15.9 Å². The molecule has 0 saturated carbocycles. The molecule has 0 fully saturated rings. The van der Waals surface area contributed by atoms with E-state index in [1.165, 1.54) is 4.31 Å². The molecule has 1 rings (SSSR count). The maximum atomic E-state index is 12.7. The summed E-state index contributed by atoms with van der Waals surface area (Å²) in [6.07, 6.45) is 0.408. The van der Waals surface area contributed by atoms with Crippen molar-refractivity contribution >= 4 is 26.0 Å². The van der Waals surface area contributed by atoms with Gasteiger partial charge in [0.05, 0.1) is 6.61 Å². The van der Waals surface area contributed by atoms with Crippen molar-refractivity contribution in [2.75, 3.05) is 26.3 Å². The van der Waals surface area contributed by atoms with E-state index in [2.05, 4.69) is 15.9 Å². The fourth-order valence-corrected chi connectivity index (χ4v) is 3.95. The van der Waals surface area contributed by atoms with Crippen molar-refractivity contribution in [2.24, 2.45) is 0 Å². The molecule has 0 radical (unpaired) electrons. The maximum Gasteiger partial charge on any atom is 0.246 e. The van der Waals surface area contributed by atoms with Gasteiger partial charge < -0.3 is 9.84 Å². The molecule has 0 bridgehead atoms. The Bertz CT molecular complexity index is 533. The van der Waals surface area contributed by atoms with Crippen LogP contribution in [0.25, 0.3) is 0 Å². The molecule has 0 spiro atoms. The van der Waals surface area contributed by atoms with Gasteiger partial charge in [0.25, 0.3) is 0 Å². The first-order valence-electron chi connectivity index (χ1n) is 6.50. The van der Waals surface area contributed by atoms with Crippen LogP contribution in [0.5, 0.6) is 5.75 Å². The highest BCUT2D eigenvalue weighted by molar-refractivity contribution is 9.10. The van der Waals surface area contributed by atoms with Gasteiger partial charge in [-0.1, -0.05) is 22.9 Å². The van der Waals surface area contributed by atoms with Crippen LogP contribution < -0.4 is 4.74 Å². The zero-order chi connectivity index (χ0) is 15.2. The Kier molecular flexibility index (Phi) is 6.94. The van der Waals surface area contributed by atoms with Crippen molar-refractivity contribution in [3.8, 4) is 5.75 Å². The number of sulfonamides is 1. The Morgan fingerprint density at radius 2 is 2.05 bits per heavy atom. The quantitative estimate of drug-likeness (QED) is 0.766. The molecular formula is C13H20BrNO4S.